The van der Waals surface area contributed by atoms with Crippen LogP contribution in [0, 0.1) is 11.3 Å². The van der Waals surface area contributed by atoms with Crippen molar-refractivity contribution in [3.05, 3.63) is 29.8 Å². The zero-order valence-electron chi connectivity index (χ0n) is 17.2. The van der Waals surface area contributed by atoms with Gasteiger partial charge in [-0.1, -0.05) is 0 Å². The first-order chi connectivity index (χ1) is 14.8. The summed E-state index contributed by atoms with van der Waals surface area (Å²) in [6.07, 6.45) is 0.792. The van der Waals surface area contributed by atoms with Gasteiger partial charge >= 0.3 is 18.0 Å². The van der Waals surface area contributed by atoms with Crippen molar-refractivity contribution >= 4 is 18.0 Å². The predicted octanol–water partition coefficient (Wildman–Crippen LogP) is 0.664. The Morgan fingerprint density at radius 2 is 1.77 bits per heavy atom. The summed E-state index contributed by atoms with van der Waals surface area (Å²) in [5, 5.41) is 36.9. The Balaban J connectivity index is 0.000000703. The summed E-state index contributed by atoms with van der Waals surface area (Å²) in [5.41, 5.74) is 0.573. The van der Waals surface area contributed by atoms with Crippen molar-refractivity contribution in [3.63, 3.8) is 0 Å². The molecule has 0 radical (unpaired) electrons. The van der Waals surface area contributed by atoms with E-state index in [0.717, 1.165) is 12.8 Å². The van der Waals surface area contributed by atoms with Gasteiger partial charge in [0.25, 0.3) is 0 Å². The number of aliphatic carboxylic acids is 2. The van der Waals surface area contributed by atoms with Crippen molar-refractivity contribution in [3.8, 4) is 11.8 Å². The van der Waals surface area contributed by atoms with Gasteiger partial charge in [-0.3, -0.25) is 0 Å². The SMILES string of the molecule is CCOC(=O)N1CCC(NCC(O)COc2ccc(C#N)cc2)CC1.O=C(O)C(=O)O. The third-order valence-corrected chi connectivity index (χ3v) is 4.27. The van der Waals surface area contributed by atoms with Crippen LogP contribution in [0.2, 0.25) is 0 Å². The number of carboxylic acid groups (broad SMARTS) is 2. The maximum absolute atomic E-state index is 11.6. The number of nitrogens with one attached hydrogen (secondary N) is 1. The van der Waals surface area contributed by atoms with Crippen LogP contribution in [-0.2, 0) is 14.3 Å². The molecule has 1 atom stereocenters. The number of nitriles is 1. The van der Waals surface area contributed by atoms with Gasteiger partial charge in [0.05, 0.1) is 18.2 Å². The minimum absolute atomic E-state index is 0.181. The highest BCUT2D eigenvalue weighted by atomic mass is 16.6. The van der Waals surface area contributed by atoms with Crippen LogP contribution in [-0.4, -0.2) is 83.2 Å². The molecular formula is C20H27N3O8. The van der Waals surface area contributed by atoms with E-state index in [0.29, 0.717) is 37.6 Å². The van der Waals surface area contributed by atoms with Gasteiger partial charge in [0.15, 0.2) is 0 Å². The molecule has 1 aliphatic rings. The number of piperidine rings is 1. The number of likely N-dealkylation sites (tertiary alicyclic amines) is 1. The molecule has 1 amide bonds. The second kappa shape index (κ2) is 13.8. The van der Waals surface area contributed by atoms with Crippen LogP contribution in [0.1, 0.15) is 25.3 Å². The molecular weight excluding hydrogens is 410 g/mol. The van der Waals surface area contributed by atoms with Gasteiger partial charge in [0, 0.05) is 25.7 Å². The molecule has 0 bridgehead atoms. The zero-order valence-corrected chi connectivity index (χ0v) is 17.2. The highest BCUT2D eigenvalue weighted by Gasteiger charge is 2.23. The molecule has 1 saturated heterocycles. The molecule has 4 N–H and O–H groups in total. The molecule has 31 heavy (non-hydrogen) atoms. The number of hydrogen-bond acceptors (Lipinski definition) is 8. The highest BCUT2D eigenvalue weighted by molar-refractivity contribution is 6.27. The van der Waals surface area contributed by atoms with Gasteiger partial charge in [-0.25, -0.2) is 14.4 Å². The second-order valence-corrected chi connectivity index (χ2v) is 6.58. The van der Waals surface area contributed by atoms with Crippen LogP contribution < -0.4 is 10.1 Å². The van der Waals surface area contributed by atoms with Crippen LogP contribution >= 0.6 is 0 Å². The van der Waals surface area contributed by atoms with E-state index in [1.807, 2.05) is 6.07 Å². The average molecular weight is 437 g/mol. The summed E-state index contributed by atoms with van der Waals surface area (Å²) in [6, 6.07) is 9.10. The average Bonchev–Trinajstić information content (AvgIpc) is 2.77. The Kier molecular flexibility index (Phi) is 11.4. The summed E-state index contributed by atoms with van der Waals surface area (Å²) in [4.78, 5) is 31.6. The zero-order chi connectivity index (χ0) is 23.2. The summed E-state index contributed by atoms with van der Waals surface area (Å²) in [6.45, 7) is 4.12. The lowest BCUT2D eigenvalue weighted by molar-refractivity contribution is -0.159. The van der Waals surface area contributed by atoms with E-state index in [4.69, 9.17) is 34.5 Å². The summed E-state index contributed by atoms with van der Waals surface area (Å²) >= 11 is 0. The van der Waals surface area contributed by atoms with Crippen LogP contribution in [0.5, 0.6) is 5.75 Å². The molecule has 2 rings (SSSR count). The van der Waals surface area contributed by atoms with E-state index >= 15 is 0 Å². The van der Waals surface area contributed by atoms with E-state index in [1.165, 1.54) is 0 Å². The third kappa shape index (κ3) is 10.3. The fourth-order valence-corrected chi connectivity index (χ4v) is 2.66. The number of rotatable bonds is 7. The molecule has 0 spiro atoms. The van der Waals surface area contributed by atoms with E-state index < -0.39 is 18.0 Å². The summed E-state index contributed by atoms with van der Waals surface area (Å²) < 4.78 is 10.5. The molecule has 170 valence electrons. The lowest BCUT2D eigenvalue weighted by atomic mass is 10.1. The van der Waals surface area contributed by atoms with Crippen molar-refractivity contribution in [1.29, 1.82) is 5.26 Å². The first-order valence-electron chi connectivity index (χ1n) is 9.69. The molecule has 1 aromatic carbocycles. The lowest BCUT2D eigenvalue weighted by Crippen LogP contribution is -2.47. The second-order valence-electron chi connectivity index (χ2n) is 6.58. The molecule has 0 aliphatic carbocycles. The molecule has 11 nitrogen and oxygen atoms in total. The van der Waals surface area contributed by atoms with Crippen molar-refractivity contribution in [2.45, 2.75) is 31.9 Å². The Labute approximate surface area is 179 Å². The molecule has 0 saturated carbocycles. The number of hydrogen-bond donors (Lipinski definition) is 4. The maximum Gasteiger partial charge on any atom is 0.414 e. The number of aliphatic hydroxyl groups is 1. The Bertz CT molecular complexity index is 743. The number of nitrogens with zero attached hydrogens (tertiary/aromatic N) is 2. The number of carboxylic acids is 2. The Morgan fingerprint density at radius 1 is 1.19 bits per heavy atom. The van der Waals surface area contributed by atoms with Crippen molar-refractivity contribution in [2.75, 3.05) is 32.8 Å². The van der Waals surface area contributed by atoms with E-state index in [2.05, 4.69) is 5.32 Å². The first-order valence-corrected chi connectivity index (χ1v) is 9.69. The van der Waals surface area contributed by atoms with Gasteiger partial charge in [0.2, 0.25) is 0 Å². The van der Waals surface area contributed by atoms with Gasteiger partial charge in [-0.2, -0.15) is 5.26 Å². The van der Waals surface area contributed by atoms with Crippen LogP contribution in [0.4, 0.5) is 4.79 Å². The molecule has 1 fully saturated rings. The minimum atomic E-state index is -1.82. The predicted molar refractivity (Wildman–Crippen MR) is 108 cm³/mol. The molecule has 1 aromatic rings. The van der Waals surface area contributed by atoms with Crippen LogP contribution in [0.3, 0.4) is 0 Å². The Hall–Kier alpha value is -3.36. The fourth-order valence-electron chi connectivity index (χ4n) is 2.66. The minimum Gasteiger partial charge on any atom is -0.491 e. The number of aliphatic hydroxyl groups excluding tert-OH is 1. The Morgan fingerprint density at radius 3 is 2.26 bits per heavy atom. The van der Waals surface area contributed by atoms with Gasteiger partial charge in [-0.05, 0) is 44.0 Å². The van der Waals surface area contributed by atoms with Gasteiger partial charge in [-0.15, -0.1) is 0 Å². The summed E-state index contributed by atoms with van der Waals surface area (Å²) in [7, 11) is 0. The number of ether oxygens (including phenoxy) is 2. The molecule has 1 heterocycles. The summed E-state index contributed by atoms with van der Waals surface area (Å²) in [5.74, 6) is -3.02. The maximum atomic E-state index is 11.6. The van der Waals surface area contributed by atoms with E-state index in [-0.39, 0.29) is 18.7 Å². The quantitative estimate of drug-likeness (QED) is 0.444. The molecule has 1 unspecified atom stereocenters. The molecule has 1 aliphatic heterocycles. The largest absolute Gasteiger partial charge is 0.491 e. The number of benzene rings is 1. The van der Waals surface area contributed by atoms with Crippen LogP contribution in [0.15, 0.2) is 24.3 Å². The number of carbonyl (C=O) groups excluding carboxylic acids is 1. The number of amides is 1. The van der Waals surface area contributed by atoms with Crippen molar-refractivity contribution in [1.82, 2.24) is 10.2 Å². The van der Waals surface area contributed by atoms with Crippen LogP contribution in [0.25, 0.3) is 0 Å². The van der Waals surface area contributed by atoms with E-state index in [1.54, 1.807) is 36.1 Å². The monoisotopic (exact) mass is 437 g/mol. The highest BCUT2D eigenvalue weighted by Crippen LogP contribution is 2.13. The van der Waals surface area contributed by atoms with Gasteiger partial charge in [0.1, 0.15) is 18.5 Å². The normalized spacial score (nSPS) is 14.4. The van der Waals surface area contributed by atoms with Gasteiger partial charge < -0.3 is 35.0 Å². The topological polar surface area (TPSA) is 169 Å². The lowest BCUT2D eigenvalue weighted by Gasteiger charge is -2.32. The third-order valence-electron chi connectivity index (χ3n) is 4.27. The standard InChI is InChI=1S/C18H25N3O4.C2H2O4/c1-2-24-18(23)21-9-7-15(8-10-21)20-12-16(22)13-25-17-5-3-14(11-19)4-6-17;3-1(4)2(5)6/h3-6,15-16,20,22H,2,7-10,12-13H2,1H3;(H,3,4)(H,5,6). The first kappa shape index (κ1) is 25.7. The molecule has 11 heteroatoms. The van der Waals surface area contributed by atoms with Crippen molar-refractivity contribution in [2.24, 2.45) is 0 Å². The smallest absolute Gasteiger partial charge is 0.414 e. The fraction of sp³-hybridized carbons (Fsp3) is 0.500. The molecule has 0 aromatic heterocycles. The van der Waals surface area contributed by atoms with E-state index in [9.17, 15) is 9.90 Å². The van der Waals surface area contributed by atoms with Crippen molar-refractivity contribution < 1.29 is 39.2 Å². The number of carbonyl (C=O) groups is 3.